The number of sulfonamides is 1. The molecule has 0 radical (unpaired) electrons. The van der Waals surface area contributed by atoms with E-state index in [9.17, 15) is 8.42 Å². The van der Waals surface area contributed by atoms with Crippen LogP contribution in [-0.2, 0) is 10.0 Å². The van der Waals surface area contributed by atoms with Gasteiger partial charge in [-0.05, 0) is 24.7 Å². The van der Waals surface area contributed by atoms with E-state index in [2.05, 4.69) is 11.6 Å². The van der Waals surface area contributed by atoms with Gasteiger partial charge < -0.3 is 5.73 Å². The highest BCUT2D eigenvalue weighted by atomic mass is 32.2. The van der Waals surface area contributed by atoms with Crippen LogP contribution in [0, 0.1) is 5.41 Å². The first-order chi connectivity index (χ1) is 7.43. The molecule has 4 nitrogen and oxygen atoms in total. The zero-order valence-electron chi connectivity index (χ0n) is 10.3. The van der Waals surface area contributed by atoms with Crippen molar-refractivity contribution in [1.29, 1.82) is 0 Å². The van der Waals surface area contributed by atoms with Gasteiger partial charge in [-0.2, -0.15) is 0 Å². The summed E-state index contributed by atoms with van der Waals surface area (Å²) in [6.45, 7) is 4.77. The third-order valence-corrected chi connectivity index (χ3v) is 5.62. The summed E-state index contributed by atoms with van der Waals surface area (Å²) in [5.41, 5.74) is 5.62. The average molecular weight is 248 g/mol. The minimum absolute atomic E-state index is 0.153. The summed E-state index contributed by atoms with van der Waals surface area (Å²) in [6.07, 6.45) is 5.24. The molecule has 0 amide bonds. The molecule has 3 N–H and O–H groups in total. The highest BCUT2D eigenvalue weighted by Gasteiger charge is 2.31. The molecule has 1 unspecified atom stereocenters. The van der Waals surface area contributed by atoms with Gasteiger partial charge in [-0.25, -0.2) is 13.1 Å². The van der Waals surface area contributed by atoms with E-state index in [-0.39, 0.29) is 12.0 Å². The van der Waals surface area contributed by atoms with Crippen LogP contribution in [0.2, 0.25) is 0 Å². The largest absolute Gasteiger partial charge is 0.329 e. The number of nitrogens with one attached hydrogen (secondary N) is 1. The van der Waals surface area contributed by atoms with Gasteiger partial charge in [-0.1, -0.05) is 26.7 Å². The molecular weight excluding hydrogens is 224 g/mol. The van der Waals surface area contributed by atoms with Crippen LogP contribution in [0.25, 0.3) is 0 Å². The maximum absolute atomic E-state index is 11.9. The van der Waals surface area contributed by atoms with Gasteiger partial charge in [0, 0.05) is 13.1 Å². The van der Waals surface area contributed by atoms with Crippen molar-refractivity contribution in [3.05, 3.63) is 0 Å². The zero-order chi connectivity index (χ0) is 12.2. The van der Waals surface area contributed by atoms with Gasteiger partial charge in [-0.3, -0.25) is 0 Å². The molecular formula is C11H24N2O2S. The summed E-state index contributed by atoms with van der Waals surface area (Å²) in [4.78, 5) is 0. The lowest BCUT2D eigenvalue weighted by Gasteiger charge is -2.25. The fraction of sp³-hybridized carbons (Fsp3) is 1.00. The number of nitrogens with two attached hydrogens (primary N) is 1. The van der Waals surface area contributed by atoms with Crippen molar-refractivity contribution in [1.82, 2.24) is 4.72 Å². The van der Waals surface area contributed by atoms with Crippen LogP contribution in [0.5, 0.6) is 0 Å². The van der Waals surface area contributed by atoms with Crippen molar-refractivity contribution in [2.24, 2.45) is 11.1 Å². The van der Waals surface area contributed by atoms with Crippen molar-refractivity contribution < 1.29 is 8.42 Å². The molecule has 5 heteroatoms. The second-order valence-corrected chi connectivity index (χ2v) is 7.20. The molecule has 1 fully saturated rings. The van der Waals surface area contributed by atoms with Gasteiger partial charge >= 0.3 is 0 Å². The Balaban J connectivity index is 2.53. The molecule has 0 heterocycles. The van der Waals surface area contributed by atoms with Gasteiger partial charge in [0.2, 0.25) is 10.0 Å². The molecule has 1 rings (SSSR count). The first kappa shape index (κ1) is 13.9. The minimum atomic E-state index is -3.22. The predicted octanol–water partition coefficient (Wildman–Crippen LogP) is 1.22. The molecule has 0 spiro atoms. The summed E-state index contributed by atoms with van der Waals surface area (Å²) in [6, 6.07) is 0. The Morgan fingerprint density at radius 3 is 2.38 bits per heavy atom. The Morgan fingerprint density at radius 2 is 1.94 bits per heavy atom. The molecule has 0 aliphatic heterocycles. The molecule has 1 saturated carbocycles. The summed E-state index contributed by atoms with van der Waals surface area (Å²) in [7, 11) is -3.22. The Morgan fingerprint density at radius 1 is 1.38 bits per heavy atom. The van der Waals surface area contributed by atoms with E-state index < -0.39 is 15.3 Å². The number of rotatable bonds is 6. The quantitative estimate of drug-likeness (QED) is 0.742. The van der Waals surface area contributed by atoms with E-state index in [0.717, 1.165) is 12.8 Å². The van der Waals surface area contributed by atoms with Crippen LogP contribution in [0.1, 0.15) is 46.0 Å². The van der Waals surface area contributed by atoms with Crippen molar-refractivity contribution in [3.8, 4) is 0 Å². The van der Waals surface area contributed by atoms with Gasteiger partial charge in [0.05, 0.1) is 5.25 Å². The summed E-state index contributed by atoms with van der Waals surface area (Å²) in [5, 5.41) is -0.447. The van der Waals surface area contributed by atoms with E-state index in [0.29, 0.717) is 13.0 Å². The summed E-state index contributed by atoms with van der Waals surface area (Å²) < 4.78 is 26.5. The lowest BCUT2D eigenvalue weighted by molar-refractivity contribution is 0.335. The monoisotopic (exact) mass is 248 g/mol. The van der Waals surface area contributed by atoms with E-state index in [1.165, 1.54) is 12.8 Å². The van der Waals surface area contributed by atoms with Crippen molar-refractivity contribution in [2.45, 2.75) is 51.2 Å². The first-order valence-corrected chi connectivity index (χ1v) is 7.67. The molecule has 0 aromatic rings. The van der Waals surface area contributed by atoms with E-state index in [4.69, 9.17) is 5.73 Å². The maximum atomic E-state index is 11.9. The van der Waals surface area contributed by atoms with Crippen LogP contribution < -0.4 is 10.5 Å². The molecule has 16 heavy (non-hydrogen) atoms. The molecule has 0 saturated heterocycles. The van der Waals surface area contributed by atoms with Crippen LogP contribution >= 0.6 is 0 Å². The highest BCUT2D eigenvalue weighted by molar-refractivity contribution is 7.90. The zero-order valence-corrected chi connectivity index (χ0v) is 11.1. The van der Waals surface area contributed by atoms with Crippen LogP contribution in [-0.4, -0.2) is 26.8 Å². The fourth-order valence-corrected chi connectivity index (χ4v) is 3.79. The summed E-state index contributed by atoms with van der Waals surface area (Å²) in [5.74, 6) is 0. The van der Waals surface area contributed by atoms with Gasteiger partial charge in [0.15, 0.2) is 0 Å². The van der Waals surface area contributed by atoms with E-state index in [1.54, 1.807) is 0 Å². The molecule has 0 aromatic carbocycles. The highest BCUT2D eigenvalue weighted by Crippen LogP contribution is 2.36. The first-order valence-electron chi connectivity index (χ1n) is 6.12. The molecule has 0 bridgehead atoms. The average Bonchev–Trinajstić information content (AvgIpc) is 2.65. The second kappa shape index (κ2) is 5.47. The standard InChI is InChI=1S/C11H24N2O2S/c1-3-10(8-12)16(14,15)13-9-11(2)6-4-5-7-11/h10,13H,3-9,12H2,1-2H3. The van der Waals surface area contributed by atoms with Crippen LogP contribution in [0.15, 0.2) is 0 Å². The Labute approximate surface area is 99.0 Å². The number of hydrogen-bond acceptors (Lipinski definition) is 3. The lowest BCUT2D eigenvalue weighted by Crippen LogP contribution is -2.42. The molecule has 1 aliphatic rings. The third kappa shape index (κ3) is 3.43. The van der Waals surface area contributed by atoms with Crippen LogP contribution in [0.3, 0.4) is 0 Å². The SMILES string of the molecule is CCC(CN)S(=O)(=O)NCC1(C)CCCC1. The second-order valence-electron chi connectivity index (χ2n) is 5.15. The lowest BCUT2D eigenvalue weighted by atomic mass is 9.89. The topological polar surface area (TPSA) is 72.2 Å². The van der Waals surface area contributed by atoms with E-state index >= 15 is 0 Å². The normalized spacial score (nSPS) is 22.2. The predicted molar refractivity (Wildman–Crippen MR) is 66.6 cm³/mol. The van der Waals surface area contributed by atoms with E-state index in [1.807, 2.05) is 6.92 Å². The van der Waals surface area contributed by atoms with Crippen molar-refractivity contribution in [2.75, 3.05) is 13.1 Å². The Hall–Kier alpha value is -0.130. The summed E-state index contributed by atoms with van der Waals surface area (Å²) >= 11 is 0. The van der Waals surface area contributed by atoms with Crippen molar-refractivity contribution in [3.63, 3.8) is 0 Å². The Kier molecular flexibility index (Phi) is 4.76. The molecule has 1 atom stereocenters. The van der Waals surface area contributed by atoms with Crippen molar-refractivity contribution >= 4 is 10.0 Å². The van der Waals surface area contributed by atoms with Gasteiger partial charge in [-0.15, -0.1) is 0 Å². The third-order valence-electron chi connectivity index (χ3n) is 3.67. The number of hydrogen-bond donors (Lipinski definition) is 2. The minimum Gasteiger partial charge on any atom is -0.329 e. The fourth-order valence-electron chi connectivity index (χ4n) is 2.31. The smallest absolute Gasteiger partial charge is 0.215 e. The molecule has 96 valence electrons. The van der Waals surface area contributed by atoms with Crippen LogP contribution in [0.4, 0.5) is 0 Å². The van der Waals surface area contributed by atoms with Gasteiger partial charge in [0.1, 0.15) is 0 Å². The molecule has 1 aliphatic carbocycles. The Bertz CT molecular complexity index is 304. The van der Waals surface area contributed by atoms with Gasteiger partial charge in [0.25, 0.3) is 0 Å². The maximum Gasteiger partial charge on any atom is 0.215 e. The molecule has 0 aromatic heterocycles.